The van der Waals surface area contributed by atoms with Gasteiger partial charge in [-0.15, -0.1) is 0 Å². The van der Waals surface area contributed by atoms with Crippen LogP contribution in [0, 0.1) is 0 Å². The number of thiocarbonyl (C=S) groups is 1. The maximum Gasteiger partial charge on any atom is 0.337 e. The first-order valence-electron chi connectivity index (χ1n) is 12.4. The number of carbonyl (C=O) groups excluding carboxylic acids is 2. The van der Waals surface area contributed by atoms with Crippen LogP contribution in [-0.2, 0) is 14.3 Å². The van der Waals surface area contributed by atoms with Gasteiger partial charge >= 0.3 is 5.97 Å². The third-order valence-electron chi connectivity index (χ3n) is 6.51. The Kier molecular flexibility index (Phi) is 8.11. The van der Waals surface area contributed by atoms with Gasteiger partial charge in [0, 0.05) is 36.6 Å². The van der Waals surface area contributed by atoms with Crippen molar-refractivity contribution in [3.63, 3.8) is 0 Å². The van der Waals surface area contributed by atoms with Crippen LogP contribution in [0.25, 0.3) is 5.69 Å². The summed E-state index contributed by atoms with van der Waals surface area (Å²) in [6, 6.07) is 21.6. The van der Waals surface area contributed by atoms with Crippen LogP contribution in [0.5, 0.6) is 0 Å². The second-order valence-electron chi connectivity index (χ2n) is 8.99. The molecule has 1 aliphatic heterocycles. The number of esters is 1. The number of amides is 1. The van der Waals surface area contributed by atoms with Crippen molar-refractivity contribution in [2.24, 2.45) is 0 Å². The molecule has 40 heavy (non-hydrogen) atoms. The Morgan fingerprint density at radius 2 is 1.90 bits per heavy atom. The lowest BCUT2D eigenvalue weighted by molar-refractivity contribution is -0.119. The molecule has 4 aromatic rings. The zero-order valence-electron chi connectivity index (χ0n) is 21.7. The van der Waals surface area contributed by atoms with E-state index >= 15 is 0 Å². The molecule has 2 aromatic carbocycles. The predicted octanol–water partition coefficient (Wildman–Crippen LogP) is 5.07. The fraction of sp³-hybridized carbons (Fsp3) is 0.172. The number of benzene rings is 2. The van der Waals surface area contributed by atoms with Crippen molar-refractivity contribution in [3.05, 3.63) is 107 Å². The van der Waals surface area contributed by atoms with Crippen LogP contribution in [0.2, 0.25) is 5.02 Å². The van der Waals surface area contributed by atoms with Crippen LogP contribution in [0.3, 0.4) is 0 Å². The molecular weight excluding hydrogens is 550 g/mol. The highest BCUT2D eigenvalue weighted by Crippen LogP contribution is 2.43. The lowest BCUT2D eigenvalue weighted by Gasteiger charge is -2.29. The van der Waals surface area contributed by atoms with Crippen LogP contribution in [-0.4, -0.2) is 47.4 Å². The molecule has 1 amide bonds. The first kappa shape index (κ1) is 27.3. The maximum absolute atomic E-state index is 12.2. The quantitative estimate of drug-likeness (QED) is 0.222. The first-order chi connectivity index (χ1) is 19.4. The number of rotatable bonds is 8. The van der Waals surface area contributed by atoms with Gasteiger partial charge in [0.1, 0.15) is 12.6 Å². The zero-order valence-corrected chi connectivity index (χ0v) is 23.3. The number of anilines is 2. The van der Waals surface area contributed by atoms with Crippen molar-refractivity contribution in [1.82, 2.24) is 14.9 Å². The van der Waals surface area contributed by atoms with Crippen molar-refractivity contribution < 1.29 is 19.1 Å². The zero-order chi connectivity index (χ0) is 28.2. The third kappa shape index (κ3) is 5.42. The molecule has 3 heterocycles. The smallest absolute Gasteiger partial charge is 0.337 e. The molecule has 1 aliphatic rings. The van der Waals surface area contributed by atoms with Crippen LogP contribution in [0.4, 0.5) is 11.4 Å². The van der Waals surface area contributed by atoms with Gasteiger partial charge in [-0.2, -0.15) is 0 Å². The second-order valence-corrected chi connectivity index (χ2v) is 9.78. The van der Waals surface area contributed by atoms with Crippen molar-refractivity contribution in [3.8, 4) is 5.69 Å². The lowest BCUT2D eigenvalue weighted by atomic mass is 10.0. The Balaban J connectivity index is 1.59. The summed E-state index contributed by atoms with van der Waals surface area (Å²) in [5.74, 6) is -0.727. The molecule has 1 fully saturated rings. The van der Waals surface area contributed by atoms with E-state index in [1.807, 2.05) is 64.2 Å². The highest BCUT2D eigenvalue weighted by atomic mass is 35.5. The van der Waals surface area contributed by atoms with E-state index in [4.69, 9.17) is 33.3 Å². The molecule has 0 bridgehead atoms. The van der Waals surface area contributed by atoms with E-state index in [-0.39, 0.29) is 24.6 Å². The van der Waals surface area contributed by atoms with Gasteiger partial charge in [0.25, 0.3) is 0 Å². The molecule has 0 unspecified atom stereocenters. The number of nitrogens with zero attached hydrogens (tertiary/aromatic N) is 3. The average molecular weight is 576 g/mol. The Morgan fingerprint density at radius 3 is 2.62 bits per heavy atom. The van der Waals surface area contributed by atoms with E-state index in [0.717, 1.165) is 22.8 Å². The fourth-order valence-electron chi connectivity index (χ4n) is 4.78. The number of halogens is 1. The predicted molar refractivity (Wildman–Crippen MR) is 157 cm³/mol. The number of pyridine rings is 1. The summed E-state index contributed by atoms with van der Waals surface area (Å²) in [6.07, 6.45) is 3.68. The fourth-order valence-corrected chi connectivity index (χ4v) is 5.34. The van der Waals surface area contributed by atoms with E-state index < -0.39 is 5.97 Å². The molecule has 2 atom stereocenters. The minimum absolute atomic E-state index is 0.0831. The van der Waals surface area contributed by atoms with Crippen LogP contribution in [0.15, 0.2) is 85.2 Å². The minimum Gasteiger partial charge on any atom is -0.465 e. The van der Waals surface area contributed by atoms with E-state index in [1.165, 1.54) is 14.2 Å². The molecule has 204 valence electrons. The van der Waals surface area contributed by atoms with Crippen LogP contribution in [0.1, 0.15) is 33.8 Å². The molecule has 1 saturated heterocycles. The summed E-state index contributed by atoms with van der Waals surface area (Å²) >= 11 is 12.5. The summed E-state index contributed by atoms with van der Waals surface area (Å²) in [5.41, 5.74) is 4.13. The van der Waals surface area contributed by atoms with Gasteiger partial charge in [0.05, 0.1) is 35.1 Å². The number of nitrogens with one attached hydrogen (secondary N) is 2. The van der Waals surface area contributed by atoms with Gasteiger partial charge in [-0.3, -0.25) is 9.78 Å². The average Bonchev–Trinajstić information content (AvgIpc) is 3.58. The first-order valence-corrected chi connectivity index (χ1v) is 13.1. The molecule has 0 saturated carbocycles. The SMILES string of the molecule is COCC(=O)Nc1ccc(N2C(=S)N[C@@H](c3ccccn3)[C@@H]2c2cccn2-c2cccc(C(=O)OC)c2)cc1Cl. The van der Waals surface area contributed by atoms with Gasteiger partial charge in [-0.25, -0.2) is 4.79 Å². The number of hydrogen-bond donors (Lipinski definition) is 2. The molecule has 2 N–H and O–H groups in total. The molecule has 0 aliphatic carbocycles. The maximum atomic E-state index is 12.2. The monoisotopic (exact) mass is 575 g/mol. The molecule has 5 rings (SSSR count). The van der Waals surface area contributed by atoms with Crippen LogP contribution < -0.4 is 15.5 Å². The molecule has 9 nitrogen and oxygen atoms in total. The number of carbonyl (C=O) groups is 2. The van der Waals surface area contributed by atoms with Crippen molar-refractivity contribution in [2.45, 2.75) is 12.1 Å². The molecule has 2 aromatic heterocycles. The minimum atomic E-state index is -0.417. The summed E-state index contributed by atoms with van der Waals surface area (Å²) in [4.78, 5) is 30.9. The normalized spacial score (nSPS) is 16.5. The summed E-state index contributed by atoms with van der Waals surface area (Å²) in [5, 5.41) is 7.03. The Labute approximate surface area is 241 Å². The van der Waals surface area contributed by atoms with E-state index in [1.54, 1.807) is 30.5 Å². The molecule has 11 heteroatoms. The topological polar surface area (TPSA) is 97.7 Å². The summed E-state index contributed by atoms with van der Waals surface area (Å²) in [6.45, 7) is -0.0831. The number of ether oxygens (including phenoxy) is 2. The summed E-state index contributed by atoms with van der Waals surface area (Å²) in [7, 11) is 2.81. The van der Waals surface area contributed by atoms with Gasteiger partial charge in [-0.05, 0) is 72.9 Å². The van der Waals surface area contributed by atoms with E-state index in [0.29, 0.717) is 21.4 Å². The van der Waals surface area contributed by atoms with E-state index in [2.05, 4.69) is 15.6 Å². The van der Waals surface area contributed by atoms with Crippen LogP contribution >= 0.6 is 23.8 Å². The Morgan fingerprint density at radius 1 is 1.05 bits per heavy atom. The van der Waals surface area contributed by atoms with E-state index in [9.17, 15) is 9.59 Å². The second kappa shape index (κ2) is 11.9. The highest BCUT2D eigenvalue weighted by Gasteiger charge is 2.42. The third-order valence-corrected chi connectivity index (χ3v) is 7.13. The van der Waals surface area contributed by atoms with Gasteiger partial charge in [-0.1, -0.05) is 23.7 Å². The highest BCUT2D eigenvalue weighted by molar-refractivity contribution is 7.80. The largest absolute Gasteiger partial charge is 0.465 e. The Hall–Kier alpha value is -4.25. The van der Waals surface area contributed by atoms with Gasteiger partial charge < -0.3 is 29.6 Å². The molecule has 0 spiro atoms. The van der Waals surface area contributed by atoms with Gasteiger partial charge in [0.15, 0.2) is 5.11 Å². The van der Waals surface area contributed by atoms with Gasteiger partial charge in [0.2, 0.25) is 5.91 Å². The van der Waals surface area contributed by atoms with Crippen molar-refractivity contribution >= 4 is 52.2 Å². The summed E-state index contributed by atoms with van der Waals surface area (Å²) < 4.78 is 11.8. The lowest BCUT2D eigenvalue weighted by Crippen LogP contribution is -2.30. The Bertz CT molecular complexity index is 1560. The number of hydrogen-bond acceptors (Lipinski definition) is 6. The molecule has 0 radical (unpaired) electrons. The van der Waals surface area contributed by atoms with Crippen molar-refractivity contribution in [1.29, 1.82) is 0 Å². The van der Waals surface area contributed by atoms with Crippen molar-refractivity contribution in [2.75, 3.05) is 31.0 Å². The number of aromatic nitrogens is 2. The standard InChI is InChI=1S/C29H26ClN5O4S/c1-38-17-25(36)32-22-12-11-20(16-21(22)30)35-27(26(33-29(35)40)23-9-3-4-13-31-23)24-10-6-14-34(24)19-8-5-7-18(15-19)28(37)39-2/h3-16,26-27H,17H2,1-2H3,(H,32,36)(H,33,40)/t26-,27-/m0/s1. The molecular formula is C29H26ClN5O4S. The number of methoxy groups -OCH3 is 2.